The average Bonchev–Trinajstić information content (AvgIpc) is 3.13. The lowest BCUT2D eigenvalue weighted by molar-refractivity contribution is -0.394. The number of carbonyl (C=O) groups is 1. The van der Waals surface area contributed by atoms with Crippen molar-refractivity contribution >= 4 is 57.3 Å². The monoisotopic (exact) mass is 523 g/mol. The summed E-state index contributed by atoms with van der Waals surface area (Å²) in [6.07, 6.45) is 1.67. The molecular weight excluding hydrogens is 506 g/mol. The van der Waals surface area contributed by atoms with E-state index in [4.69, 9.17) is 21.7 Å². The first kappa shape index (κ1) is 24.8. The number of non-ortho nitro benzene ring substituents is 1. The minimum atomic E-state index is -0.758. The SMILES string of the molecule is CCOc1cc(/C=C2\SC(=S)N(c3ccccc3)C2=O)ccc1Oc1ccc([N+](=O)[O-])cc1[N+](=O)[O-]. The molecule has 1 saturated heterocycles. The molecule has 3 aromatic carbocycles. The smallest absolute Gasteiger partial charge is 0.318 e. The fourth-order valence-electron chi connectivity index (χ4n) is 3.35. The Labute approximate surface area is 214 Å². The number of benzene rings is 3. The molecule has 0 aliphatic carbocycles. The van der Waals surface area contributed by atoms with Gasteiger partial charge < -0.3 is 9.47 Å². The first-order valence-electron chi connectivity index (χ1n) is 10.5. The number of para-hydroxylation sites is 1. The van der Waals surface area contributed by atoms with Gasteiger partial charge in [0.25, 0.3) is 11.6 Å². The number of nitro groups is 2. The van der Waals surface area contributed by atoms with E-state index in [1.54, 1.807) is 43.3 Å². The molecule has 12 heteroatoms. The van der Waals surface area contributed by atoms with E-state index in [0.717, 1.165) is 18.2 Å². The molecule has 3 aromatic rings. The van der Waals surface area contributed by atoms with Gasteiger partial charge in [-0.3, -0.25) is 29.9 Å². The second kappa shape index (κ2) is 10.5. The summed E-state index contributed by atoms with van der Waals surface area (Å²) in [6.45, 7) is 2.04. The van der Waals surface area contributed by atoms with Crippen LogP contribution < -0.4 is 14.4 Å². The second-order valence-corrected chi connectivity index (χ2v) is 8.94. The molecule has 1 aliphatic heterocycles. The van der Waals surface area contributed by atoms with Crippen LogP contribution in [0.4, 0.5) is 17.1 Å². The minimum absolute atomic E-state index is 0.169. The summed E-state index contributed by atoms with van der Waals surface area (Å²) in [7, 11) is 0. The van der Waals surface area contributed by atoms with E-state index in [0.29, 0.717) is 20.5 Å². The topological polar surface area (TPSA) is 125 Å². The molecule has 36 heavy (non-hydrogen) atoms. The van der Waals surface area contributed by atoms with Gasteiger partial charge in [-0.1, -0.05) is 48.2 Å². The third kappa shape index (κ3) is 5.19. The van der Waals surface area contributed by atoms with E-state index in [1.165, 1.54) is 16.7 Å². The summed E-state index contributed by atoms with van der Waals surface area (Å²) < 4.78 is 11.8. The molecule has 182 valence electrons. The maximum atomic E-state index is 13.0. The highest BCUT2D eigenvalue weighted by atomic mass is 32.2. The Kier molecular flexibility index (Phi) is 7.27. The summed E-state index contributed by atoms with van der Waals surface area (Å²) in [5.74, 6) is 0.0132. The van der Waals surface area contributed by atoms with Gasteiger partial charge in [0, 0.05) is 6.07 Å². The number of carbonyl (C=O) groups excluding carboxylic acids is 1. The summed E-state index contributed by atoms with van der Waals surface area (Å²) in [5.41, 5.74) is 0.312. The Morgan fingerprint density at radius 2 is 1.69 bits per heavy atom. The van der Waals surface area contributed by atoms with Crippen LogP contribution in [0.1, 0.15) is 12.5 Å². The molecule has 4 rings (SSSR count). The molecule has 0 aromatic heterocycles. The molecule has 1 amide bonds. The molecule has 0 saturated carbocycles. The van der Waals surface area contributed by atoms with Gasteiger partial charge in [0.1, 0.15) is 0 Å². The van der Waals surface area contributed by atoms with Crippen molar-refractivity contribution in [2.24, 2.45) is 0 Å². The molecule has 0 radical (unpaired) electrons. The first-order chi connectivity index (χ1) is 17.3. The highest BCUT2D eigenvalue weighted by Crippen LogP contribution is 2.40. The molecule has 0 bridgehead atoms. The van der Waals surface area contributed by atoms with Crippen molar-refractivity contribution in [3.8, 4) is 17.2 Å². The third-order valence-electron chi connectivity index (χ3n) is 4.94. The van der Waals surface area contributed by atoms with Crippen molar-refractivity contribution < 1.29 is 24.1 Å². The first-order valence-corrected chi connectivity index (χ1v) is 11.7. The molecule has 0 unspecified atom stereocenters. The van der Waals surface area contributed by atoms with Crippen LogP contribution >= 0.6 is 24.0 Å². The van der Waals surface area contributed by atoms with E-state index in [9.17, 15) is 25.0 Å². The molecule has 1 fully saturated rings. The lowest BCUT2D eigenvalue weighted by atomic mass is 10.1. The maximum absolute atomic E-state index is 13.0. The molecule has 0 atom stereocenters. The molecule has 1 aliphatic rings. The van der Waals surface area contributed by atoms with Crippen molar-refractivity contribution in [3.63, 3.8) is 0 Å². The molecular formula is C24H17N3O7S2. The Morgan fingerprint density at radius 1 is 0.972 bits per heavy atom. The van der Waals surface area contributed by atoms with Crippen molar-refractivity contribution in [2.45, 2.75) is 6.92 Å². The Balaban J connectivity index is 1.64. The number of ether oxygens (including phenoxy) is 2. The minimum Gasteiger partial charge on any atom is -0.490 e. The van der Waals surface area contributed by atoms with E-state index in [-0.39, 0.29) is 29.8 Å². The normalized spacial score (nSPS) is 14.2. The van der Waals surface area contributed by atoms with Crippen LogP contribution in [0.3, 0.4) is 0 Å². The van der Waals surface area contributed by atoms with Crippen LogP contribution in [0, 0.1) is 20.2 Å². The number of thioether (sulfide) groups is 1. The zero-order chi connectivity index (χ0) is 25.8. The Morgan fingerprint density at radius 3 is 2.36 bits per heavy atom. The largest absolute Gasteiger partial charge is 0.490 e. The summed E-state index contributed by atoms with van der Waals surface area (Å²) >= 11 is 6.57. The third-order valence-corrected chi connectivity index (χ3v) is 6.25. The maximum Gasteiger partial charge on any atom is 0.318 e. The quantitative estimate of drug-likeness (QED) is 0.149. The zero-order valence-corrected chi connectivity index (χ0v) is 20.3. The molecule has 0 spiro atoms. The van der Waals surface area contributed by atoms with Crippen LogP contribution in [0.2, 0.25) is 0 Å². The van der Waals surface area contributed by atoms with Crippen molar-refractivity contribution in [2.75, 3.05) is 11.5 Å². The molecule has 0 N–H and O–H groups in total. The van der Waals surface area contributed by atoms with Crippen molar-refractivity contribution in [3.05, 3.63) is 97.4 Å². The Bertz CT molecular complexity index is 1410. The molecule has 10 nitrogen and oxygen atoms in total. The predicted molar refractivity (Wildman–Crippen MR) is 140 cm³/mol. The van der Waals surface area contributed by atoms with Gasteiger partial charge in [-0.25, -0.2) is 0 Å². The van der Waals surface area contributed by atoms with Gasteiger partial charge in [-0.2, -0.15) is 0 Å². The van der Waals surface area contributed by atoms with Crippen LogP contribution in [0.5, 0.6) is 17.2 Å². The second-order valence-electron chi connectivity index (χ2n) is 7.26. The highest BCUT2D eigenvalue weighted by molar-refractivity contribution is 8.27. The number of nitro benzene ring substituents is 2. The van der Waals surface area contributed by atoms with Gasteiger partial charge in [0.05, 0.1) is 33.1 Å². The van der Waals surface area contributed by atoms with Gasteiger partial charge in [0.15, 0.2) is 15.8 Å². The highest BCUT2D eigenvalue weighted by Gasteiger charge is 2.33. The van der Waals surface area contributed by atoms with Gasteiger partial charge in [0.2, 0.25) is 5.75 Å². The number of thiocarbonyl (C=S) groups is 1. The zero-order valence-electron chi connectivity index (χ0n) is 18.7. The number of anilines is 1. The molecule has 1 heterocycles. The van der Waals surface area contributed by atoms with Crippen LogP contribution in [0.25, 0.3) is 6.08 Å². The predicted octanol–water partition coefficient (Wildman–Crippen LogP) is 6.10. The number of rotatable bonds is 8. The Hall–Kier alpha value is -4.29. The summed E-state index contributed by atoms with van der Waals surface area (Å²) in [5, 5.41) is 22.4. The summed E-state index contributed by atoms with van der Waals surface area (Å²) in [6, 6.07) is 17.0. The van der Waals surface area contributed by atoms with E-state index in [2.05, 4.69) is 0 Å². The van der Waals surface area contributed by atoms with Gasteiger partial charge in [-0.05, 0) is 48.9 Å². The van der Waals surface area contributed by atoms with E-state index >= 15 is 0 Å². The van der Waals surface area contributed by atoms with Crippen molar-refractivity contribution in [1.29, 1.82) is 0 Å². The van der Waals surface area contributed by atoms with Gasteiger partial charge in [-0.15, -0.1) is 0 Å². The fraction of sp³-hybridized carbons (Fsp3) is 0.0833. The summed E-state index contributed by atoms with van der Waals surface area (Å²) in [4.78, 5) is 35.8. The number of amides is 1. The number of hydrogen-bond acceptors (Lipinski definition) is 9. The lowest BCUT2D eigenvalue weighted by Gasteiger charge is -2.14. The number of nitrogens with zero attached hydrogens (tertiary/aromatic N) is 3. The number of hydrogen-bond donors (Lipinski definition) is 0. The van der Waals surface area contributed by atoms with Crippen LogP contribution in [0.15, 0.2) is 71.6 Å². The fourth-order valence-corrected chi connectivity index (χ4v) is 4.65. The van der Waals surface area contributed by atoms with E-state index in [1.807, 2.05) is 18.2 Å². The van der Waals surface area contributed by atoms with Crippen LogP contribution in [-0.2, 0) is 4.79 Å². The van der Waals surface area contributed by atoms with Crippen LogP contribution in [-0.4, -0.2) is 26.7 Å². The standard InChI is InChI=1S/C24H17N3O7S2/c1-2-33-21-12-15(13-22-23(28)25(24(35)36-22)16-6-4-3-5-7-16)8-10-20(21)34-19-11-9-17(26(29)30)14-18(19)27(31)32/h3-14H,2H2,1H3/b22-13-. The lowest BCUT2D eigenvalue weighted by Crippen LogP contribution is -2.27. The van der Waals surface area contributed by atoms with Crippen molar-refractivity contribution in [1.82, 2.24) is 0 Å². The van der Waals surface area contributed by atoms with E-state index < -0.39 is 21.2 Å². The van der Waals surface area contributed by atoms with Gasteiger partial charge >= 0.3 is 5.69 Å². The average molecular weight is 524 g/mol.